The van der Waals surface area contributed by atoms with Crippen LogP contribution in [0.4, 0.5) is 29.2 Å². The number of aryl methyl sites for hydroxylation is 1. The van der Waals surface area contributed by atoms with Crippen LogP contribution in [0.25, 0.3) is 42.8 Å². The highest BCUT2D eigenvalue weighted by Gasteiger charge is 2.14. The number of hydrogen-bond acceptors (Lipinski definition) is 16. The molecule has 0 saturated carbocycles. The van der Waals surface area contributed by atoms with Crippen molar-refractivity contribution in [2.75, 3.05) is 36.1 Å². The molecule has 0 fully saturated rings. The van der Waals surface area contributed by atoms with Crippen LogP contribution < -0.4 is 21.7 Å². The average Bonchev–Trinajstić information content (AvgIpc) is 4.15. The van der Waals surface area contributed by atoms with E-state index in [1.54, 1.807) is 42.7 Å². The van der Waals surface area contributed by atoms with Gasteiger partial charge in [0, 0.05) is 57.0 Å². The third-order valence-electron chi connectivity index (χ3n) is 9.76. The molecule has 0 amide bonds. The fourth-order valence-electron chi connectivity index (χ4n) is 6.57. The van der Waals surface area contributed by atoms with E-state index in [1.165, 1.54) is 59.6 Å². The minimum absolute atomic E-state index is 0.207. The summed E-state index contributed by atoms with van der Waals surface area (Å²) in [5, 5.41) is 11.4. The Bertz CT molecular complexity index is 3220. The van der Waals surface area contributed by atoms with Gasteiger partial charge < -0.3 is 31.7 Å². The van der Waals surface area contributed by atoms with E-state index in [0.717, 1.165) is 49.8 Å². The van der Waals surface area contributed by atoms with E-state index < -0.39 is 0 Å². The first-order valence-electron chi connectivity index (χ1n) is 20.9. The average molecular weight is 970 g/mol. The predicted molar refractivity (Wildman–Crippen MR) is 253 cm³/mol. The molecule has 0 atom stereocenters. The number of pyridine rings is 2. The minimum Gasteiger partial charge on any atom is -0.362 e. The molecule has 10 rings (SSSR count). The lowest BCUT2D eigenvalue weighted by atomic mass is 10.3. The number of imidazole rings is 2. The zero-order valence-corrected chi connectivity index (χ0v) is 37.8. The summed E-state index contributed by atoms with van der Waals surface area (Å²) in [5.74, 6) is 1.76. The number of nitrogens with one attached hydrogen (secondary N) is 5. The molecule has 2 aromatic carbocycles. The van der Waals surface area contributed by atoms with Gasteiger partial charge in [0.15, 0.2) is 23.3 Å². The number of thiazole rings is 2. The fourth-order valence-corrected chi connectivity index (χ4v) is 8.57. The Morgan fingerprint density at radius 2 is 1.03 bits per heavy atom. The number of hydrogen-bond donors (Lipinski definition) is 6. The van der Waals surface area contributed by atoms with Crippen molar-refractivity contribution in [3.05, 3.63) is 142 Å². The van der Waals surface area contributed by atoms with Gasteiger partial charge >= 0.3 is 0 Å². The molecule has 23 heteroatoms. The molecule has 16 nitrogen and oxygen atoms in total. The van der Waals surface area contributed by atoms with E-state index >= 15 is 0 Å². The molecule has 8 aromatic heterocycles. The molecule has 10 aromatic rings. The highest BCUT2D eigenvalue weighted by molar-refractivity contribution is 7.18. The Kier molecular flexibility index (Phi) is 15.7. The summed E-state index contributed by atoms with van der Waals surface area (Å²) in [7, 11) is 0. The van der Waals surface area contributed by atoms with E-state index in [4.69, 9.17) is 17.3 Å². The quantitative estimate of drug-likeness (QED) is 0.0309. The number of nitrogens with two attached hydrogens (primary N) is 1. The number of aromatic amines is 2. The van der Waals surface area contributed by atoms with Crippen LogP contribution in [0.15, 0.2) is 85.7 Å². The van der Waals surface area contributed by atoms with Gasteiger partial charge in [0.25, 0.3) is 0 Å². The molecule has 0 spiro atoms. The Labute approximate surface area is 392 Å². The van der Waals surface area contributed by atoms with Gasteiger partial charge in [-0.3, -0.25) is 9.97 Å². The minimum atomic E-state index is -0.367. The molecule has 67 heavy (non-hydrogen) atoms. The summed E-state index contributed by atoms with van der Waals surface area (Å²) in [5.41, 5.74) is 9.73. The number of anilines is 2. The third-order valence-corrected chi connectivity index (χ3v) is 12.0. The number of H-pyrrole nitrogens is 2. The third kappa shape index (κ3) is 11.9. The predicted octanol–water partition coefficient (Wildman–Crippen LogP) is 7.84. The maximum Gasteiger partial charge on any atom is 0.157 e. The van der Waals surface area contributed by atoms with Gasteiger partial charge in [0.2, 0.25) is 0 Å². The number of alkyl halides is 1. The second-order valence-electron chi connectivity index (χ2n) is 14.4. The Morgan fingerprint density at radius 1 is 0.537 bits per heavy atom. The molecule has 344 valence electrons. The molecule has 0 unspecified atom stereocenters. The number of para-hydroxylation sites is 2. The number of nitrogens with zero attached hydrogens (tertiary/aromatic N) is 10. The normalized spacial score (nSPS) is 11.2. The van der Waals surface area contributed by atoms with Gasteiger partial charge in [-0.15, -0.1) is 11.6 Å². The summed E-state index contributed by atoms with van der Waals surface area (Å²) < 4.78 is 54.2. The second kappa shape index (κ2) is 22.6. The van der Waals surface area contributed by atoms with E-state index in [0.29, 0.717) is 88.8 Å². The zero-order valence-electron chi connectivity index (χ0n) is 35.4. The van der Waals surface area contributed by atoms with E-state index in [2.05, 4.69) is 75.8 Å². The monoisotopic (exact) mass is 968 g/mol. The molecule has 0 saturated heterocycles. The van der Waals surface area contributed by atoms with Gasteiger partial charge in [-0.25, -0.2) is 57.4 Å². The largest absolute Gasteiger partial charge is 0.362 e. The van der Waals surface area contributed by atoms with Crippen molar-refractivity contribution in [1.29, 1.82) is 0 Å². The van der Waals surface area contributed by atoms with Crippen LogP contribution in [0.2, 0.25) is 0 Å². The van der Waals surface area contributed by atoms with E-state index in [-0.39, 0.29) is 36.4 Å². The topological polar surface area (TPSA) is 223 Å². The number of rotatable bonds is 16. The van der Waals surface area contributed by atoms with Crippen molar-refractivity contribution in [3.63, 3.8) is 0 Å². The van der Waals surface area contributed by atoms with Crippen molar-refractivity contribution < 1.29 is 17.6 Å². The molecule has 0 bridgehead atoms. The van der Waals surface area contributed by atoms with Crippen LogP contribution in [-0.4, -0.2) is 85.3 Å². The standard InChI is InChI=1S/C22H20F2N8S.C13H13FN6S.C9H8ClFN2/c23-13-4-2-8-26-16(13)11-27-21-20-22(29-12-28-21)33-18(32-20)7-10-25-9-6-17-30-15-5-1-3-14(24)19(15)31-17;14-8-2-1-5-16-9(8)6-17-12-11-13(19-7-18-12)21-10(20-11)3-4-15;10-5-4-8-12-7-3-1-2-6(11)9(7)13-8/h1-5,8,12,25H,6-7,9-11H2,(H,30,31)(H,27,28,29);1-2,5,7H,3-4,6,15H2,(H,17,18,19);1-3H,4-5H2,(H,12,13). The summed E-state index contributed by atoms with van der Waals surface area (Å²) in [4.78, 5) is 50.2. The van der Waals surface area contributed by atoms with Crippen LogP contribution in [0.1, 0.15) is 33.1 Å². The molecule has 0 aliphatic rings. The Hall–Kier alpha value is -6.85. The fraction of sp³-hybridized carbons (Fsp3) is 0.227. The Morgan fingerprint density at radius 3 is 1.52 bits per heavy atom. The number of aromatic nitrogens is 12. The van der Waals surface area contributed by atoms with Crippen LogP contribution in [0.5, 0.6) is 0 Å². The van der Waals surface area contributed by atoms with Gasteiger partial charge in [-0.05, 0) is 55.1 Å². The molecular weight excluding hydrogens is 928 g/mol. The zero-order chi connectivity index (χ0) is 46.5. The Balaban J connectivity index is 0.000000152. The van der Waals surface area contributed by atoms with E-state index in [9.17, 15) is 17.6 Å². The summed E-state index contributed by atoms with van der Waals surface area (Å²) in [6.45, 7) is 2.41. The number of benzene rings is 2. The second-order valence-corrected chi connectivity index (χ2v) is 16.9. The van der Waals surface area contributed by atoms with Crippen LogP contribution in [-0.2, 0) is 38.8 Å². The van der Waals surface area contributed by atoms with Crippen LogP contribution in [0.3, 0.4) is 0 Å². The van der Waals surface area contributed by atoms with Crippen molar-refractivity contribution in [2.45, 2.75) is 38.8 Å². The SMILES string of the molecule is Fc1cccc2[nH]c(CCCl)nc12.Fc1cccnc1CNc1ncnc2sc(CCNCCc3nc4c(F)cccc4[nH]3)nc12.NCCc1nc2c(NCc3ncccc3F)ncnc2s1. The maximum atomic E-state index is 13.8. The number of halogens is 5. The summed E-state index contributed by atoms with van der Waals surface area (Å²) in [6.07, 6.45) is 8.76. The van der Waals surface area contributed by atoms with Gasteiger partial charge in [-0.1, -0.05) is 34.8 Å². The van der Waals surface area contributed by atoms with Crippen molar-refractivity contribution >= 4 is 88.7 Å². The van der Waals surface area contributed by atoms with Crippen LogP contribution in [0, 0.1) is 23.3 Å². The first-order valence-corrected chi connectivity index (χ1v) is 23.0. The highest BCUT2D eigenvalue weighted by atomic mass is 35.5. The lowest BCUT2D eigenvalue weighted by Gasteiger charge is -2.05. The molecule has 0 aliphatic carbocycles. The summed E-state index contributed by atoms with van der Waals surface area (Å²) >= 11 is 8.54. The molecule has 0 aliphatic heterocycles. The van der Waals surface area contributed by atoms with Gasteiger partial charge in [0.1, 0.15) is 67.7 Å². The smallest absolute Gasteiger partial charge is 0.157 e. The van der Waals surface area contributed by atoms with Gasteiger partial charge in [0.05, 0.1) is 45.5 Å². The van der Waals surface area contributed by atoms with Gasteiger partial charge in [-0.2, -0.15) is 0 Å². The maximum absolute atomic E-state index is 13.8. The number of fused-ring (bicyclic) bond motifs is 4. The van der Waals surface area contributed by atoms with Crippen molar-refractivity contribution in [2.24, 2.45) is 5.73 Å². The lowest BCUT2D eigenvalue weighted by Crippen LogP contribution is -2.20. The molecular formula is C44H41ClF4N16S2. The molecule has 8 heterocycles. The molecule has 7 N–H and O–H groups in total. The summed E-state index contributed by atoms with van der Waals surface area (Å²) in [6, 6.07) is 15.6. The first-order chi connectivity index (χ1) is 32.8. The lowest BCUT2D eigenvalue weighted by molar-refractivity contribution is 0.602. The van der Waals surface area contributed by atoms with Crippen molar-refractivity contribution in [3.8, 4) is 0 Å². The van der Waals surface area contributed by atoms with E-state index in [1.807, 2.05) is 6.07 Å². The molecule has 0 radical (unpaired) electrons. The van der Waals surface area contributed by atoms with Crippen LogP contribution >= 0.6 is 34.3 Å². The highest BCUT2D eigenvalue weighted by Crippen LogP contribution is 2.27. The first kappa shape index (κ1) is 46.7. The van der Waals surface area contributed by atoms with Crippen molar-refractivity contribution in [1.82, 2.24) is 65.1 Å².